The Kier molecular flexibility index (Phi) is 5.36. The van der Waals surface area contributed by atoms with E-state index in [2.05, 4.69) is 23.5 Å². The van der Waals surface area contributed by atoms with Crippen LogP contribution in [0.4, 0.5) is 5.00 Å². The van der Waals surface area contributed by atoms with Crippen LogP contribution in [-0.4, -0.2) is 32.2 Å². The van der Waals surface area contributed by atoms with E-state index in [0.29, 0.717) is 25.3 Å². The molecule has 5 rings (SSSR count). The molecule has 0 saturated carbocycles. The number of carbonyl (C=O) groups is 1. The molecule has 0 radical (unpaired) electrons. The van der Waals surface area contributed by atoms with Crippen LogP contribution in [0.5, 0.6) is 11.5 Å². The number of rotatable bonds is 4. The van der Waals surface area contributed by atoms with Crippen LogP contribution in [0, 0.1) is 11.3 Å². The molecule has 156 valence electrons. The first-order chi connectivity index (χ1) is 14.7. The van der Waals surface area contributed by atoms with Gasteiger partial charge in [0.2, 0.25) is 0 Å². The molecule has 1 aliphatic carbocycles. The quantitative estimate of drug-likeness (QED) is 0.791. The van der Waals surface area contributed by atoms with Crippen molar-refractivity contribution < 1.29 is 19.2 Å². The number of benzene rings is 1. The second-order valence-corrected chi connectivity index (χ2v) is 9.36. The number of ether oxygens (including phenoxy) is 2. The lowest BCUT2D eigenvalue weighted by atomic mass is 9.96. The molecule has 1 fully saturated rings. The minimum absolute atomic E-state index is 0.00968. The molecule has 2 aromatic rings. The van der Waals surface area contributed by atoms with Gasteiger partial charge in [0, 0.05) is 23.3 Å². The molecule has 30 heavy (non-hydrogen) atoms. The standard InChI is InChI=1S/C23H25N3O3S/c24-13-17-16-4-1-2-6-21(16)30-23(17)25-22(27)14-26-9-3-5-18(26)15-7-8-19-20(12-15)29-11-10-28-19/h7-8,12,18H,1-6,9-11,14H2,(H,25,27)/p+1/t18-/m1/s1. The van der Waals surface area contributed by atoms with Crippen LogP contribution in [0.3, 0.4) is 0 Å². The summed E-state index contributed by atoms with van der Waals surface area (Å²) in [6.45, 7) is 2.54. The summed E-state index contributed by atoms with van der Waals surface area (Å²) in [6.07, 6.45) is 6.42. The Labute approximate surface area is 180 Å². The first-order valence-corrected chi connectivity index (χ1v) is 11.6. The SMILES string of the molecule is N#Cc1c(NC(=O)C[NH+]2CCC[C@@H]2c2ccc3c(c2)OCCO3)sc2c1CCCC2. The number of nitriles is 1. The first kappa shape index (κ1) is 19.4. The van der Waals surface area contributed by atoms with Gasteiger partial charge >= 0.3 is 0 Å². The second-order valence-electron chi connectivity index (χ2n) is 8.26. The third-order valence-electron chi connectivity index (χ3n) is 6.38. The number of anilines is 1. The van der Waals surface area contributed by atoms with Crippen molar-refractivity contribution in [2.75, 3.05) is 31.6 Å². The van der Waals surface area contributed by atoms with Crippen LogP contribution in [0.25, 0.3) is 0 Å². The molecular weight excluding hydrogens is 398 g/mol. The Morgan fingerprint density at radius 3 is 2.90 bits per heavy atom. The van der Waals surface area contributed by atoms with Gasteiger partial charge in [-0.15, -0.1) is 11.3 Å². The Hall–Kier alpha value is -2.56. The van der Waals surface area contributed by atoms with Crippen LogP contribution in [0.15, 0.2) is 18.2 Å². The van der Waals surface area contributed by atoms with Gasteiger partial charge < -0.3 is 19.7 Å². The number of amides is 1. The summed E-state index contributed by atoms with van der Waals surface area (Å²) in [5, 5.41) is 13.4. The number of quaternary nitrogens is 1. The largest absolute Gasteiger partial charge is 0.486 e. The zero-order valence-corrected chi connectivity index (χ0v) is 17.8. The number of hydrogen-bond acceptors (Lipinski definition) is 5. The van der Waals surface area contributed by atoms with E-state index in [0.717, 1.165) is 60.7 Å². The van der Waals surface area contributed by atoms with E-state index in [-0.39, 0.29) is 11.9 Å². The summed E-state index contributed by atoms with van der Waals surface area (Å²) < 4.78 is 11.4. The third-order valence-corrected chi connectivity index (χ3v) is 7.58. The van der Waals surface area contributed by atoms with Gasteiger partial charge in [-0.2, -0.15) is 5.26 Å². The van der Waals surface area contributed by atoms with Gasteiger partial charge in [0.05, 0.1) is 12.1 Å². The topological polar surface area (TPSA) is 75.8 Å². The molecule has 2 aliphatic heterocycles. The van der Waals surface area contributed by atoms with Gasteiger partial charge in [0.25, 0.3) is 5.91 Å². The van der Waals surface area contributed by atoms with E-state index < -0.39 is 0 Å². The third kappa shape index (κ3) is 3.66. The van der Waals surface area contributed by atoms with Crippen LogP contribution < -0.4 is 19.7 Å². The number of aryl methyl sites for hydroxylation is 1. The molecule has 1 unspecified atom stereocenters. The average molecular weight is 425 g/mol. The maximum Gasteiger partial charge on any atom is 0.280 e. The van der Waals surface area contributed by atoms with Gasteiger partial charge in [-0.25, -0.2) is 0 Å². The van der Waals surface area contributed by atoms with E-state index in [1.165, 1.54) is 21.8 Å². The fraction of sp³-hybridized carbons (Fsp3) is 0.478. The molecule has 3 heterocycles. The lowest BCUT2D eigenvalue weighted by Gasteiger charge is -2.24. The van der Waals surface area contributed by atoms with E-state index in [1.807, 2.05) is 6.07 Å². The Morgan fingerprint density at radius 2 is 2.03 bits per heavy atom. The van der Waals surface area contributed by atoms with E-state index >= 15 is 0 Å². The van der Waals surface area contributed by atoms with Crippen LogP contribution in [-0.2, 0) is 17.6 Å². The van der Waals surface area contributed by atoms with Gasteiger partial charge in [0.1, 0.15) is 30.3 Å². The number of fused-ring (bicyclic) bond motifs is 2. The van der Waals surface area contributed by atoms with Crippen LogP contribution in [0.2, 0.25) is 0 Å². The minimum atomic E-state index is -0.00968. The molecule has 1 aromatic carbocycles. The van der Waals surface area contributed by atoms with Crippen molar-refractivity contribution >= 4 is 22.2 Å². The van der Waals surface area contributed by atoms with Gasteiger partial charge in [-0.3, -0.25) is 4.79 Å². The Morgan fingerprint density at radius 1 is 1.20 bits per heavy atom. The van der Waals surface area contributed by atoms with Crippen LogP contribution in [0.1, 0.15) is 53.3 Å². The number of thiophene rings is 1. The summed E-state index contributed by atoms with van der Waals surface area (Å²) in [5.74, 6) is 1.59. The summed E-state index contributed by atoms with van der Waals surface area (Å²) in [4.78, 5) is 15.4. The van der Waals surface area contributed by atoms with Crippen molar-refractivity contribution in [2.24, 2.45) is 0 Å². The van der Waals surface area contributed by atoms with Crippen molar-refractivity contribution in [3.05, 3.63) is 39.8 Å². The zero-order valence-electron chi connectivity index (χ0n) is 17.0. The lowest BCUT2D eigenvalue weighted by molar-refractivity contribution is -0.910. The highest BCUT2D eigenvalue weighted by atomic mass is 32.1. The van der Waals surface area contributed by atoms with Crippen molar-refractivity contribution in [1.82, 2.24) is 0 Å². The maximum absolute atomic E-state index is 12.9. The molecular formula is C23H26N3O3S+. The van der Waals surface area contributed by atoms with Gasteiger partial charge in [0.15, 0.2) is 18.0 Å². The maximum atomic E-state index is 12.9. The molecule has 1 amide bonds. The van der Waals surface area contributed by atoms with E-state index in [9.17, 15) is 10.1 Å². The fourth-order valence-corrected chi connectivity index (χ4v) is 6.21. The van der Waals surface area contributed by atoms with Crippen molar-refractivity contribution in [1.29, 1.82) is 5.26 Å². The molecule has 2 atom stereocenters. The fourth-order valence-electron chi connectivity index (χ4n) is 4.95. The lowest BCUT2D eigenvalue weighted by Crippen LogP contribution is -3.11. The zero-order chi connectivity index (χ0) is 20.5. The highest BCUT2D eigenvalue weighted by molar-refractivity contribution is 7.16. The Balaban J connectivity index is 1.29. The van der Waals surface area contributed by atoms with E-state index in [4.69, 9.17) is 9.47 Å². The molecule has 1 aromatic heterocycles. The van der Waals surface area contributed by atoms with Gasteiger partial charge in [-0.05, 0) is 49.4 Å². The normalized spacial score (nSPS) is 22.2. The number of hydrogen-bond donors (Lipinski definition) is 2. The van der Waals surface area contributed by atoms with Crippen molar-refractivity contribution in [2.45, 2.75) is 44.6 Å². The molecule has 6 nitrogen and oxygen atoms in total. The molecule has 1 saturated heterocycles. The van der Waals surface area contributed by atoms with Crippen molar-refractivity contribution in [3.63, 3.8) is 0 Å². The number of nitrogens with one attached hydrogen (secondary N) is 2. The predicted molar refractivity (Wildman–Crippen MR) is 114 cm³/mol. The number of carbonyl (C=O) groups excluding carboxylic acids is 1. The number of nitrogens with zero attached hydrogens (tertiary/aromatic N) is 1. The molecule has 2 N–H and O–H groups in total. The van der Waals surface area contributed by atoms with Crippen molar-refractivity contribution in [3.8, 4) is 17.6 Å². The summed E-state index contributed by atoms with van der Waals surface area (Å²) in [5.41, 5.74) is 3.04. The van der Waals surface area contributed by atoms with Crippen LogP contribution >= 0.6 is 11.3 Å². The molecule has 0 spiro atoms. The first-order valence-electron chi connectivity index (χ1n) is 10.8. The monoisotopic (exact) mass is 424 g/mol. The highest BCUT2D eigenvalue weighted by Gasteiger charge is 2.33. The summed E-state index contributed by atoms with van der Waals surface area (Å²) >= 11 is 1.59. The second kappa shape index (κ2) is 8.29. The molecule has 7 heteroatoms. The predicted octanol–water partition coefficient (Wildman–Crippen LogP) is 2.63. The van der Waals surface area contributed by atoms with Gasteiger partial charge in [-0.1, -0.05) is 0 Å². The summed E-state index contributed by atoms with van der Waals surface area (Å²) in [6, 6.07) is 8.76. The highest BCUT2D eigenvalue weighted by Crippen LogP contribution is 2.37. The number of likely N-dealkylation sites (tertiary alicyclic amines) is 1. The minimum Gasteiger partial charge on any atom is -0.486 e. The summed E-state index contributed by atoms with van der Waals surface area (Å²) in [7, 11) is 0. The average Bonchev–Trinajstić information content (AvgIpc) is 3.37. The molecule has 0 bridgehead atoms. The smallest absolute Gasteiger partial charge is 0.280 e. The van der Waals surface area contributed by atoms with E-state index in [1.54, 1.807) is 11.3 Å². The Bertz CT molecular complexity index is 1010. The molecule has 3 aliphatic rings.